The molecule has 7 nitrogen and oxygen atoms in total. The molecule has 0 fully saturated rings. The van der Waals surface area contributed by atoms with Crippen LogP contribution in [0.5, 0.6) is 0 Å². The molecule has 7 heteroatoms. The number of carbonyl (C=O) groups is 3. The minimum absolute atomic E-state index is 0.427. The summed E-state index contributed by atoms with van der Waals surface area (Å²) in [6.07, 6.45) is 0.0176. The van der Waals surface area contributed by atoms with Crippen LogP contribution in [0.15, 0.2) is 23.5 Å². The van der Waals surface area contributed by atoms with Crippen molar-refractivity contribution in [1.82, 2.24) is 0 Å². The van der Waals surface area contributed by atoms with Crippen molar-refractivity contribution in [2.45, 2.75) is 6.42 Å². The lowest BCUT2D eigenvalue weighted by molar-refractivity contribution is -0.309. The number of carboxylic acid groups (broad SMARTS) is 3. The Morgan fingerprint density at radius 3 is 1.93 bits per heavy atom. The molecular weight excluding hydrogens is 208 g/mol. The highest BCUT2D eigenvalue weighted by molar-refractivity contribution is 5.91. The average molecular weight is 213 g/mol. The van der Waals surface area contributed by atoms with E-state index in [0.717, 1.165) is 0 Å². The molecule has 0 saturated heterocycles. The third kappa shape index (κ3) is 5.09. The zero-order valence-electron chi connectivity index (χ0n) is 7.26. The molecule has 0 spiro atoms. The zero-order valence-corrected chi connectivity index (χ0v) is 7.26. The van der Waals surface area contributed by atoms with Gasteiger partial charge >= 0.3 is 5.97 Å². The topological polar surface area (TPSA) is 141 Å². The number of hydrogen-bond acceptors (Lipinski definition) is 6. The number of carbonyl (C=O) groups excluding carboxylic acids is 2. The van der Waals surface area contributed by atoms with Crippen molar-refractivity contribution in [2.24, 2.45) is 0 Å². The summed E-state index contributed by atoms with van der Waals surface area (Å²) >= 11 is 0. The van der Waals surface area contributed by atoms with Crippen LogP contribution in [0.3, 0.4) is 0 Å². The molecule has 0 atom stereocenters. The Morgan fingerprint density at radius 1 is 1.07 bits per heavy atom. The van der Waals surface area contributed by atoms with E-state index in [1.807, 2.05) is 0 Å². The molecule has 82 valence electrons. The lowest BCUT2D eigenvalue weighted by Crippen LogP contribution is -2.30. The standard InChI is InChI=1S/C8H8O7/c9-5(8(14)15)2-1-4(7(12)13)3-6(10)11/h1-2,9H,3H2,(H,10,11)(H,12,13)(H,14,15)/p-3/b4-1-,5-2+. The Labute approximate surface area is 83.6 Å². The average Bonchev–Trinajstić information content (AvgIpc) is 2.10. The molecule has 0 rings (SSSR count). The molecular formula is C8H5O7-3. The SMILES string of the molecule is O=C([O-])C/C(=C/C=C(/[O-])C(=O)O)C(=O)[O-]. The van der Waals surface area contributed by atoms with Crippen LogP contribution in [-0.4, -0.2) is 23.0 Å². The molecule has 0 aliphatic carbocycles. The van der Waals surface area contributed by atoms with Gasteiger partial charge in [0, 0.05) is 12.4 Å². The van der Waals surface area contributed by atoms with E-state index >= 15 is 0 Å². The van der Waals surface area contributed by atoms with Crippen molar-refractivity contribution in [3.63, 3.8) is 0 Å². The van der Waals surface area contributed by atoms with E-state index in [-0.39, 0.29) is 0 Å². The lowest BCUT2D eigenvalue weighted by atomic mass is 10.1. The molecule has 0 amide bonds. The first-order valence-electron chi connectivity index (χ1n) is 3.57. The van der Waals surface area contributed by atoms with Gasteiger partial charge in [-0.25, -0.2) is 4.79 Å². The van der Waals surface area contributed by atoms with Gasteiger partial charge in [0.15, 0.2) is 0 Å². The summed E-state index contributed by atoms with van der Waals surface area (Å²) in [6.45, 7) is 0. The second-order valence-electron chi connectivity index (χ2n) is 2.36. The first-order chi connectivity index (χ1) is 6.84. The van der Waals surface area contributed by atoms with Crippen LogP contribution < -0.4 is 15.3 Å². The minimum Gasteiger partial charge on any atom is -0.868 e. The molecule has 0 unspecified atom stereocenters. The Bertz CT molecular complexity index is 350. The Kier molecular flexibility index (Phi) is 4.59. The second kappa shape index (κ2) is 5.43. The van der Waals surface area contributed by atoms with Gasteiger partial charge in [0.2, 0.25) is 0 Å². The minimum atomic E-state index is -1.81. The fraction of sp³-hybridized carbons (Fsp3) is 0.125. The normalized spacial score (nSPS) is 12.3. The number of rotatable bonds is 5. The molecule has 0 aliphatic rings. The van der Waals surface area contributed by atoms with Crippen molar-refractivity contribution >= 4 is 17.9 Å². The van der Waals surface area contributed by atoms with E-state index in [1.165, 1.54) is 0 Å². The maximum atomic E-state index is 10.5. The molecule has 0 radical (unpaired) electrons. The van der Waals surface area contributed by atoms with E-state index < -0.39 is 35.7 Å². The summed E-state index contributed by atoms with van der Waals surface area (Å²) in [4.78, 5) is 30.3. The van der Waals surface area contributed by atoms with Gasteiger partial charge in [-0.15, -0.1) is 0 Å². The predicted octanol–water partition coefficient (Wildman–Crippen LogP) is -3.87. The second-order valence-corrected chi connectivity index (χ2v) is 2.36. The van der Waals surface area contributed by atoms with E-state index in [2.05, 4.69) is 0 Å². The highest BCUT2D eigenvalue weighted by Gasteiger charge is 1.98. The largest absolute Gasteiger partial charge is 0.868 e. The first-order valence-corrected chi connectivity index (χ1v) is 3.57. The van der Waals surface area contributed by atoms with E-state index in [4.69, 9.17) is 5.11 Å². The van der Waals surface area contributed by atoms with Crippen LogP contribution in [0, 0.1) is 0 Å². The predicted molar refractivity (Wildman–Crippen MR) is 38.4 cm³/mol. The lowest BCUT2D eigenvalue weighted by Gasteiger charge is -2.09. The van der Waals surface area contributed by atoms with Crippen LogP contribution >= 0.6 is 0 Å². The Balaban J connectivity index is 4.85. The zero-order chi connectivity index (χ0) is 12.0. The fourth-order valence-corrected chi connectivity index (χ4v) is 0.602. The van der Waals surface area contributed by atoms with Crippen LogP contribution in [0.25, 0.3) is 0 Å². The van der Waals surface area contributed by atoms with Gasteiger partial charge in [-0.1, -0.05) is 12.2 Å². The first kappa shape index (κ1) is 12.7. The maximum Gasteiger partial charge on any atom is 0.320 e. The van der Waals surface area contributed by atoms with E-state index in [0.29, 0.717) is 12.2 Å². The monoisotopic (exact) mass is 213 g/mol. The van der Waals surface area contributed by atoms with E-state index in [1.54, 1.807) is 0 Å². The summed E-state index contributed by atoms with van der Waals surface area (Å²) < 4.78 is 0. The van der Waals surface area contributed by atoms with Gasteiger partial charge in [0.25, 0.3) is 0 Å². The van der Waals surface area contributed by atoms with Crippen molar-refractivity contribution in [3.8, 4) is 0 Å². The molecule has 15 heavy (non-hydrogen) atoms. The van der Waals surface area contributed by atoms with Crippen LogP contribution in [-0.2, 0) is 14.4 Å². The maximum absolute atomic E-state index is 10.5. The van der Waals surface area contributed by atoms with Gasteiger partial charge in [-0.3, -0.25) is 0 Å². The molecule has 0 aromatic rings. The molecule has 1 N–H and O–H groups in total. The molecule has 0 aromatic carbocycles. The number of hydrogen-bond donors (Lipinski definition) is 1. The van der Waals surface area contributed by atoms with Crippen molar-refractivity contribution in [2.75, 3.05) is 0 Å². The van der Waals surface area contributed by atoms with Gasteiger partial charge < -0.3 is 30.0 Å². The van der Waals surface area contributed by atoms with Crippen molar-refractivity contribution < 1.29 is 34.8 Å². The molecule has 0 heterocycles. The van der Waals surface area contributed by atoms with Gasteiger partial charge in [0.1, 0.15) is 0 Å². The summed E-state index contributed by atoms with van der Waals surface area (Å²) in [5, 5.41) is 38.9. The van der Waals surface area contributed by atoms with Gasteiger partial charge in [-0.2, -0.15) is 0 Å². The molecule has 0 aliphatic heterocycles. The van der Waals surface area contributed by atoms with Crippen LogP contribution in [0.4, 0.5) is 0 Å². The summed E-state index contributed by atoms with van der Waals surface area (Å²) in [5.41, 5.74) is -0.746. The fourth-order valence-electron chi connectivity index (χ4n) is 0.602. The summed E-state index contributed by atoms with van der Waals surface area (Å²) in [5.74, 6) is -6.64. The number of allylic oxidation sites excluding steroid dienone is 2. The van der Waals surface area contributed by atoms with Crippen LogP contribution in [0.1, 0.15) is 6.42 Å². The molecule has 0 saturated carbocycles. The third-order valence-electron chi connectivity index (χ3n) is 1.24. The highest BCUT2D eigenvalue weighted by Crippen LogP contribution is 2.00. The number of carboxylic acids is 3. The molecule has 0 aromatic heterocycles. The Hall–Kier alpha value is -2.31. The van der Waals surface area contributed by atoms with Crippen molar-refractivity contribution in [1.29, 1.82) is 0 Å². The van der Waals surface area contributed by atoms with Gasteiger partial charge in [-0.05, 0) is 11.3 Å². The molecule has 0 bridgehead atoms. The summed E-state index contributed by atoms with van der Waals surface area (Å²) in [7, 11) is 0. The van der Waals surface area contributed by atoms with Crippen molar-refractivity contribution in [3.05, 3.63) is 23.5 Å². The third-order valence-corrected chi connectivity index (χ3v) is 1.24. The Morgan fingerprint density at radius 2 is 1.60 bits per heavy atom. The van der Waals surface area contributed by atoms with Gasteiger partial charge in [0.05, 0.1) is 5.97 Å². The van der Waals surface area contributed by atoms with Crippen LogP contribution in [0.2, 0.25) is 0 Å². The quantitative estimate of drug-likeness (QED) is 0.279. The smallest absolute Gasteiger partial charge is 0.320 e. The van der Waals surface area contributed by atoms with E-state index in [9.17, 15) is 29.7 Å². The summed E-state index contributed by atoms with van der Waals surface area (Å²) in [6, 6.07) is 0. The highest BCUT2D eigenvalue weighted by atomic mass is 16.4. The number of aliphatic carboxylic acids is 3.